The van der Waals surface area contributed by atoms with E-state index in [1.807, 2.05) is 60.7 Å². The molecule has 1 N–H and O–H groups in total. The minimum atomic E-state index is -0.259. The first-order chi connectivity index (χ1) is 10.3. The number of carbonyl (C=O) groups excluding carboxylic acids is 1. The Bertz CT molecular complexity index is 545. The molecule has 0 saturated carbocycles. The topological polar surface area (TPSA) is 38.3 Å². The van der Waals surface area contributed by atoms with Crippen molar-refractivity contribution in [3.8, 4) is 0 Å². The summed E-state index contributed by atoms with van der Waals surface area (Å²) < 4.78 is 4.97. The van der Waals surface area contributed by atoms with E-state index in [1.165, 1.54) is 0 Å². The van der Waals surface area contributed by atoms with Gasteiger partial charge in [-0.25, -0.2) is 0 Å². The second-order valence-corrected chi connectivity index (χ2v) is 5.68. The molecule has 2 aromatic rings. The number of methoxy groups -OCH3 is 1. The molecule has 0 bridgehead atoms. The molecule has 0 fully saturated rings. The fourth-order valence-corrected chi connectivity index (χ4v) is 2.97. The van der Waals surface area contributed by atoms with E-state index >= 15 is 0 Å². The van der Waals surface area contributed by atoms with Crippen molar-refractivity contribution in [3.63, 3.8) is 0 Å². The summed E-state index contributed by atoms with van der Waals surface area (Å²) in [5, 5.41) is 2.66. The maximum absolute atomic E-state index is 12.4. The quantitative estimate of drug-likeness (QED) is 0.630. The van der Waals surface area contributed by atoms with Crippen LogP contribution in [0.15, 0.2) is 65.6 Å². The fourth-order valence-electron chi connectivity index (χ4n) is 1.90. The number of thioether (sulfide) groups is 1. The lowest BCUT2D eigenvalue weighted by molar-refractivity contribution is -0.120. The Kier molecular flexibility index (Phi) is 6.31. The number of carbonyl (C=O) groups is 1. The Balaban J connectivity index is 2.12. The second-order valence-electron chi connectivity index (χ2n) is 4.51. The van der Waals surface area contributed by atoms with Crippen molar-refractivity contribution in [2.75, 3.05) is 20.3 Å². The standard InChI is InChI=1S/C17H19NO2S/c1-20-13-12-18-17(19)16(14-8-4-2-5-9-14)21-15-10-6-3-7-11-15/h2-11,16H,12-13H2,1H3,(H,18,19)/t16-/m0/s1. The zero-order chi connectivity index (χ0) is 14.9. The number of amides is 1. The Morgan fingerprint density at radius 2 is 1.71 bits per heavy atom. The van der Waals surface area contributed by atoms with Crippen LogP contribution < -0.4 is 5.32 Å². The molecule has 0 aliphatic heterocycles. The molecule has 3 nitrogen and oxygen atoms in total. The van der Waals surface area contributed by atoms with Crippen LogP contribution >= 0.6 is 11.8 Å². The van der Waals surface area contributed by atoms with E-state index in [1.54, 1.807) is 18.9 Å². The van der Waals surface area contributed by atoms with Crippen molar-refractivity contribution in [1.82, 2.24) is 5.32 Å². The summed E-state index contributed by atoms with van der Waals surface area (Å²) in [6, 6.07) is 19.8. The van der Waals surface area contributed by atoms with Gasteiger partial charge in [-0.1, -0.05) is 48.5 Å². The number of rotatable bonds is 7. The Labute approximate surface area is 129 Å². The SMILES string of the molecule is COCCNC(=O)[C@@H](Sc1ccccc1)c1ccccc1. The smallest absolute Gasteiger partial charge is 0.238 e. The summed E-state index contributed by atoms with van der Waals surface area (Å²) in [6.07, 6.45) is 0. The Morgan fingerprint density at radius 3 is 2.33 bits per heavy atom. The highest BCUT2D eigenvalue weighted by atomic mass is 32.2. The summed E-state index contributed by atoms with van der Waals surface area (Å²) in [4.78, 5) is 13.5. The van der Waals surface area contributed by atoms with Gasteiger partial charge in [-0.3, -0.25) is 4.79 Å². The molecule has 0 radical (unpaired) electrons. The van der Waals surface area contributed by atoms with Gasteiger partial charge < -0.3 is 10.1 Å². The fraction of sp³-hybridized carbons (Fsp3) is 0.235. The highest BCUT2D eigenvalue weighted by Crippen LogP contribution is 2.35. The molecule has 2 rings (SSSR count). The van der Waals surface area contributed by atoms with Crippen LogP contribution in [0.4, 0.5) is 0 Å². The first-order valence-electron chi connectivity index (χ1n) is 6.84. The number of nitrogens with one attached hydrogen (secondary N) is 1. The predicted molar refractivity (Wildman–Crippen MR) is 86.4 cm³/mol. The van der Waals surface area contributed by atoms with Crippen LogP contribution in [0.5, 0.6) is 0 Å². The molecule has 0 aliphatic carbocycles. The highest BCUT2D eigenvalue weighted by molar-refractivity contribution is 8.00. The van der Waals surface area contributed by atoms with Crippen LogP contribution in [0.2, 0.25) is 0 Å². The molecule has 0 aliphatic rings. The van der Waals surface area contributed by atoms with Gasteiger partial charge >= 0.3 is 0 Å². The van der Waals surface area contributed by atoms with E-state index in [2.05, 4.69) is 5.32 Å². The Hall–Kier alpha value is -1.78. The van der Waals surface area contributed by atoms with Crippen molar-refractivity contribution in [1.29, 1.82) is 0 Å². The molecule has 1 amide bonds. The maximum atomic E-state index is 12.4. The summed E-state index contributed by atoms with van der Waals surface area (Å²) >= 11 is 1.56. The molecule has 0 spiro atoms. The van der Waals surface area contributed by atoms with Crippen molar-refractivity contribution < 1.29 is 9.53 Å². The van der Waals surface area contributed by atoms with Gasteiger partial charge in [0.05, 0.1) is 6.61 Å². The minimum absolute atomic E-state index is 0.00658. The second kappa shape index (κ2) is 8.49. The summed E-state index contributed by atoms with van der Waals surface area (Å²) in [6.45, 7) is 1.04. The van der Waals surface area contributed by atoms with Gasteiger partial charge in [-0.05, 0) is 17.7 Å². The van der Waals surface area contributed by atoms with Crippen LogP contribution in [0.3, 0.4) is 0 Å². The van der Waals surface area contributed by atoms with Gasteiger partial charge in [-0.2, -0.15) is 0 Å². The van der Waals surface area contributed by atoms with E-state index in [0.717, 1.165) is 10.5 Å². The highest BCUT2D eigenvalue weighted by Gasteiger charge is 2.21. The van der Waals surface area contributed by atoms with Crippen molar-refractivity contribution in [2.45, 2.75) is 10.1 Å². The molecule has 0 saturated heterocycles. The van der Waals surface area contributed by atoms with E-state index in [9.17, 15) is 4.79 Å². The van der Waals surface area contributed by atoms with Gasteiger partial charge in [0.15, 0.2) is 0 Å². The van der Waals surface area contributed by atoms with E-state index in [-0.39, 0.29) is 11.2 Å². The zero-order valence-corrected chi connectivity index (χ0v) is 12.8. The van der Waals surface area contributed by atoms with Crippen molar-refractivity contribution in [2.24, 2.45) is 0 Å². The minimum Gasteiger partial charge on any atom is -0.383 e. The largest absolute Gasteiger partial charge is 0.383 e. The lowest BCUT2D eigenvalue weighted by Crippen LogP contribution is -2.30. The van der Waals surface area contributed by atoms with Crippen molar-refractivity contribution >= 4 is 17.7 Å². The van der Waals surface area contributed by atoms with Crippen LogP contribution in [-0.2, 0) is 9.53 Å². The molecule has 0 heterocycles. The molecule has 4 heteroatoms. The summed E-state index contributed by atoms with van der Waals surface area (Å²) in [7, 11) is 1.62. The molecule has 21 heavy (non-hydrogen) atoms. The van der Waals surface area contributed by atoms with Crippen molar-refractivity contribution in [3.05, 3.63) is 66.2 Å². The third-order valence-electron chi connectivity index (χ3n) is 2.94. The molecular formula is C17H19NO2S. The first kappa shape index (κ1) is 15.6. The van der Waals surface area contributed by atoms with Gasteiger partial charge in [0.25, 0.3) is 0 Å². The number of ether oxygens (including phenoxy) is 1. The molecule has 0 unspecified atom stereocenters. The molecule has 2 aromatic carbocycles. The molecule has 110 valence electrons. The van der Waals surface area contributed by atoms with Gasteiger partial charge in [0.1, 0.15) is 5.25 Å². The normalized spacial score (nSPS) is 11.9. The number of benzene rings is 2. The molecular weight excluding hydrogens is 282 g/mol. The van der Waals surface area contributed by atoms with E-state index in [0.29, 0.717) is 13.2 Å². The van der Waals surface area contributed by atoms with Crippen LogP contribution in [-0.4, -0.2) is 26.2 Å². The van der Waals surface area contributed by atoms with Crippen LogP contribution in [0.25, 0.3) is 0 Å². The molecule has 1 atom stereocenters. The number of hydrogen-bond acceptors (Lipinski definition) is 3. The predicted octanol–water partition coefficient (Wildman–Crippen LogP) is 3.28. The lowest BCUT2D eigenvalue weighted by atomic mass is 10.1. The van der Waals surface area contributed by atoms with Gasteiger partial charge in [0.2, 0.25) is 5.91 Å². The van der Waals surface area contributed by atoms with E-state index in [4.69, 9.17) is 4.74 Å². The third kappa shape index (κ3) is 4.92. The zero-order valence-electron chi connectivity index (χ0n) is 12.0. The van der Waals surface area contributed by atoms with Crippen LogP contribution in [0.1, 0.15) is 10.8 Å². The summed E-state index contributed by atoms with van der Waals surface area (Å²) in [5.41, 5.74) is 1.00. The monoisotopic (exact) mass is 301 g/mol. The average molecular weight is 301 g/mol. The first-order valence-corrected chi connectivity index (χ1v) is 7.72. The van der Waals surface area contributed by atoms with Gasteiger partial charge in [0, 0.05) is 18.6 Å². The summed E-state index contributed by atoms with van der Waals surface area (Å²) in [5.74, 6) is 0.00658. The lowest BCUT2D eigenvalue weighted by Gasteiger charge is -2.17. The van der Waals surface area contributed by atoms with Crippen LogP contribution in [0, 0.1) is 0 Å². The van der Waals surface area contributed by atoms with Gasteiger partial charge in [-0.15, -0.1) is 11.8 Å². The average Bonchev–Trinajstić information content (AvgIpc) is 2.54. The Morgan fingerprint density at radius 1 is 1.10 bits per heavy atom. The van der Waals surface area contributed by atoms with E-state index < -0.39 is 0 Å². The third-order valence-corrected chi connectivity index (χ3v) is 4.21. The number of hydrogen-bond donors (Lipinski definition) is 1. The maximum Gasteiger partial charge on any atom is 0.238 e. The molecule has 0 aromatic heterocycles.